The molecule has 4 nitrogen and oxygen atoms in total. The topological polar surface area (TPSA) is 41.6 Å². The van der Waals surface area contributed by atoms with Crippen molar-refractivity contribution in [1.29, 1.82) is 0 Å². The summed E-state index contributed by atoms with van der Waals surface area (Å²) >= 11 is 7.50. The van der Waals surface area contributed by atoms with Crippen molar-refractivity contribution in [3.05, 3.63) is 51.2 Å². The number of para-hydroxylation sites is 1. The van der Waals surface area contributed by atoms with E-state index in [4.69, 9.17) is 16.3 Å². The lowest BCUT2D eigenvalue weighted by Crippen LogP contribution is -2.49. The van der Waals surface area contributed by atoms with Crippen molar-refractivity contribution < 1.29 is 9.53 Å². The summed E-state index contributed by atoms with van der Waals surface area (Å²) in [7, 11) is 1.66. The molecule has 1 aliphatic heterocycles. The van der Waals surface area contributed by atoms with E-state index in [1.54, 1.807) is 7.11 Å². The first-order valence-corrected chi connectivity index (χ1v) is 9.20. The predicted molar refractivity (Wildman–Crippen MR) is 98.1 cm³/mol. The minimum atomic E-state index is -0.196. The highest BCUT2D eigenvalue weighted by Crippen LogP contribution is 2.34. The number of ether oxygens (including phenoxy) is 1. The summed E-state index contributed by atoms with van der Waals surface area (Å²) in [6.07, 6.45) is 0. The maximum Gasteiger partial charge on any atom is 0.231 e. The normalized spacial score (nSPS) is 19.1. The summed E-state index contributed by atoms with van der Waals surface area (Å²) in [5.41, 5.74) is 1.04. The largest absolute Gasteiger partial charge is 0.496 e. The second-order valence-corrected chi connectivity index (χ2v) is 7.60. The molecule has 1 aromatic carbocycles. The number of carbonyl (C=O) groups is 1. The number of thiophene rings is 1. The van der Waals surface area contributed by atoms with E-state index in [0.717, 1.165) is 29.3 Å². The summed E-state index contributed by atoms with van der Waals surface area (Å²) in [4.78, 5) is 16.1. The zero-order valence-electron chi connectivity index (χ0n) is 13.8. The Labute approximate surface area is 151 Å². The lowest BCUT2D eigenvalue weighted by molar-refractivity contribution is -0.135. The molecule has 0 radical (unpaired) electrons. The molecule has 0 aliphatic carbocycles. The van der Waals surface area contributed by atoms with Crippen LogP contribution < -0.4 is 10.1 Å². The Morgan fingerprint density at radius 1 is 1.38 bits per heavy atom. The van der Waals surface area contributed by atoms with Gasteiger partial charge in [-0.3, -0.25) is 4.79 Å². The van der Waals surface area contributed by atoms with E-state index in [1.165, 1.54) is 11.3 Å². The maximum atomic E-state index is 13.1. The molecule has 1 fully saturated rings. The zero-order chi connectivity index (χ0) is 17.1. The fraction of sp³-hybridized carbons (Fsp3) is 0.389. The van der Waals surface area contributed by atoms with Gasteiger partial charge in [-0.1, -0.05) is 29.8 Å². The van der Waals surface area contributed by atoms with Crippen LogP contribution in [0.25, 0.3) is 0 Å². The minimum absolute atomic E-state index is 0.0275. The van der Waals surface area contributed by atoms with Crippen LogP contribution in [-0.2, 0) is 4.79 Å². The van der Waals surface area contributed by atoms with Crippen LogP contribution in [-0.4, -0.2) is 37.6 Å². The number of halogens is 1. The molecule has 1 N–H and O–H groups in total. The lowest BCUT2D eigenvalue weighted by Gasteiger charge is -2.38. The minimum Gasteiger partial charge on any atom is -0.496 e. The van der Waals surface area contributed by atoms with Crippen molar-refractivity contribution in [3.63, 3.8) is 0 Å². The maximum absolute atomic E-state index is 13.1. The third kappa shape index (κ3) is 3.43. The van der Waals surface area contributed by atoms with Crippen LogP contribution in [0.5, 0.6) is 5.75 Å². The zero-order valence-corrected chi connectivity index (χ0v) is 15.4. The first kappa shape index (κ1) is 17.3. The standard InChI is InChI=1S/C18H21ClN2O2S/c1-12(16-7-8-17(19)24-16)18(22)21-10-9-20-11-14(21)13-5-3-4-6-15(13)23-2/h3-8,12,14,20H,9-11H2,1-2H3. The average molecular weight is 365 g/mol. The first-order chi connectivity index (χ1) is 11.6. The molecule has 1 aliphatic rings. The molecule has 1 amide bonds. The molecule has 2 unspecified atom stereocenters. The van der Waals surface area contributed by atoms with Gasteiger partial charge < -0.3 is 15.0 Å². The second kappa shape index (κ2) is 7.55. The molecule has 24 heavy (non-hydrogen) atoms. The average Bonchev–Trinajstić information content (AvgIpc) is 3.06. The Hall–Kier alpha value is -1.56. The van der Waals surface area contributed by atoms with E-state index < -0.39 is 0 Å². The van der Waals surface area contributed by atoms with Gasteiger partial charge in [0.15, 0.2) is 0 Å². The van der Waals surface area contributed by atoms with Gasteiger partial charge in [0.05, 0.1) is 23.4 Å². The third-order valence-corrected chi connectivity index (χ3v) is 5.83. The molecule has 0 bridgehead atoms. The summed E-state index contributed by atoms with van der Waals surface area (Å²) < 4.78 is 6.21. The quantitative estimate of drug-likeness (QED) is 0.899. The third-order valence-electron chi connectivity index (χ3n) is 4.42. The lowest BCUT2D eigenvalue weighted by atomic mass is 9.99. The predicted octanol–water partition coefficient (Wildman–Crippen LogP) is 3.69. The van der Waals surface area contributed by atoms with Gasteiger partial charge in [-0.05, 0) is 25.1 Å². The fourth-order valence-corrected chi connectivity index (χ4v) is 4.22. The highest BCUT2D eigenvalue weighted by molar-refractivity contribution is 7.16. The van der Waals surface area contributed by atoms with Crippen molar-refractivity contribution in [2.45, 2.75) is 18.9 Å². The van der Waals surface area contributed by atoms with Gasteiger partial charge in [0.2, 0.25) is 5.91 Å². The number of amides is 1. The molecule has 0 spiro atoms. The summed E-state index contributed by atoms with van der Waals surface area (Å²) in [5, 5.41) is 3.38. The van der Waals surface area contributed by atoms with Gasteiger partial charge in [0.1, 0.15) is 5.75 Å². The van der Waals surface area contributed by atoms with Gasteiger partial charge in [0.25, 0.3) is 0 Å². The van der Waals surface area contributed by atoms with Crippen molar-refractivity contribution in [2.75, 3.05) is 26.7 Å². The highest BCUT2D eigenvalue weighted by Gasteiger charge is 2.33. The number of hydrogen-bond donors (Lipinski definition) is 1. The molecule has 0 saturated carbocycles. The second-order valence-electron chi connectivity index (χ2n) is 5.86. The van der Waals surface area contributed by atoms with E-state index in [-0.39, 0.29) is 17.9 Å². The number of carbonyl (C=O) groups excluding carboxylic acids is 1. The number of benzene rings is 1. The van der Waals surface area contributed by atoms with Crippen molar-refractivity contribution >= 4 is 28.8 Å². The number of rotatable bonds is 4. The molecule has 6 heteroatoms. The highest BCUT2D eigenvalue weighted by atomic mass is 35.5. The molecule has 2 heterocycles. The van der Waals surface area contributed by atoms with E-state index in [2.05, 4.69) is 5.32 Å². The molecule has 2 atom stereocenters. The van der Waals surface area contributed by atoms with Crippen molar-refractivity contribution in [2.24, 2.45) is 0 Å². The summed E-state index contributed by atoms with van der Waals surface area (Å²) in [6.45, 7) is 4.16. The Morgan fingerprint density at radius 3 is 2.88 bits per heavy atom. The van der Waals surface area contributed by atoms with Crippen LogP contribution in [0.15, 0.2) is 36.4 Å². The molecular formula is C18H21ClN2O2S. The molecule has 2 aromatic rings. The number of methoxy groups -OCH3 is 1. The summed E-state index contributed by atoms with van der Waals surface area (Å²) in [5.74, 6) is 0.750. The number of nitrogens with zero attached hydrogens (tertiary/aromatic N) is 1. The number of hydrogen-bond acceptors (Lipinski definition) is 4. The monoisotopic (exact) mass is 364 g/mol. The molecule has 3 rings (SSSR count). The SMILES string of the molecule is COc1ccccc1C1CNCCN1C(=O)C(C)c1ccc(Cl)s1. The van der Waals surface area contributed by atoms with Crippen LogP contribution >= 0.6 is 22.9 Å². The van der Waals surface area contributed by atoms with Gasteiger partial charge in [-0.2, -0.15) is 0 Å². The molecular weight excluding hydrogens is 344 g/mol. The van der Waals surface area contributed by atoms with Crippen LogP contribution in [0, 0.1) is 0 Å². The van der Waals surface area contributed by atoms with Crippen LogP contribution in [0.4, 0.5) is 0 Å². The van der Waals surface area contributed by atoms with Gasteiger partial charge in [-0.15, -0.1) is 11.3 Å². The molecule has 1 saturated heterocycles. The Bertz CT molecular complexity index is 719. The Balaban J connectivity index is 1.88. The van der Waals surface area contributed by atoms with E-state index in [0.29, 0.717) is 10.9 Å². The summed E-state index contributed by atoms with van der Waals surface area (Å²) in [6, 6.07) is 11.7. The van der Waals surface area contributed by atoms with Gasteiger partial charge in [0, 0.05) is 30.1 Å². The van der Waals surface area contributed by atoms with E-state index in [9.17, 15) is 4.79 Å². The number of piperazine rings is 1. The van der Waals surface area contributed by atoms with Crippen LogP contribution in [0.2, 0.25) is 4.34 Å². The van der Waals surface area contributed by atoms with E-state index in [1.807, 2.05) is 48.2 Å². The van der Waals surface area contributed by atoms with Gasteiger partial charge >= 0.3 is 0 Å². The van der Waals surface area contributed by atoms with Gasteiger partial charge in [-0.25, -0.2) is 0 Å². The van der Waals surface area contributed by atoms with Crippen molar-refractivity contribution in [3.8, 4) is 5.75 Å². The Kier molecular flexibility index (Phi) is 5.43. The molecule has 1 aromatic heterocycles. The first-order valence-electron chi connectivity index (χ1n) is 8.01. The Morgan fingerprint density at radius 2 is 2.17 bits per heavy atom. The fourth-order valence-electron chi connectivity index (χ4n) is 3.12. The van der Waals surface area contributed by atoms with Crippen LogP contribution in [0.3, 0.4) is 0 Å². The van der Waals surface area contributed by atoms with Crippen molar-refractivity contribution in [1.82, 2.24) is 10.2 Å². The van der Waals surface area contributed by atoms with Crippen LogP contribution in [0.1, 0.15) is 29.3 Å². The molecule has 128 valence electrons. The number of nitrogens with one attached hydrogen (secondary N) is 1. The smallest absolute Gasteiger partial charge is 0.231 e. The van der Waals surface area contributed by atoms with E-state index >= 15 is 0 Å².